The summed E-state index contributed by atoms with van der Waals surface area (Å²) < 4.78 is 11.9. The summed E-state index contributed by atoms with van der Waals surface area (Å²) in [6.07, 6.45) is 0. The number of methoxy groups -OCH3 is 1. The zero-order chi connectivity index (χ0) is 16.8. The van der Waals surface area contributed by atoms with E-state index in [0.717, 1.165) is 0 Å². The summed E-state index contributed by atoms with van der Waals surface area (Å²) in [4.78, 5) is 11.8. The Morgan fingerprint density at radius 3 is 2.61 bits per heavy atom. The highest BCUT2D eigenvalue weighted by atomic mass is 16.5. The van der Waals surface area contributed by atoms with Gasteiger partial charge in [-0.05, 0) is 31.2 Å². The molecule has 1 amide bonds. The van der Waals surface area contributed by atoms with E-state index in [9.17, 15) is 4.79 Å². The third kappa shape index (κ3) is 3.91. The van der Waals surface area contributed by atoms with Gasteiger partial charge in [0.1, 0.15) is 23.1 Å². The first-order valence-corrected chi connectivity index (χ1v) is 6.80. The van der Waals surface area contributed by atoms with Crippen molar-refractivity contribution in [1.82, 2.24) is 15.2 Å². The average molecular weight is 315 g/mol. The van der Waals surface area contributed by atoms with Gasteiger partial charge < -0.3 is 9.47 Å². The lowest BCUT2D eigenvalue weighted by molar-refractivity contribution is -0.122. The van der Waals surface area contributed by atoms with Crippen molar-refractivity contribution in [3.63, 3.8) is 0 Å². The minimum atomic E-state index is -0.386. The van der Waals surface area contributed by atoms with Gasteiger partial charge in [-0.25, -0.2) is 0 Å². The van der Waals surface area contributed by atoms with Gasteiger partial charge in [-0.2, -0.15) is 10.4 Å². The van der Waals surface area contributed by atoms with E-state index in [0.29, 0.717) is 28.6 Å². The van der Waals surface area contributed by atoms with Gasteiger partial charge in [-0.1, -0.05) is 0 Å². The van der Waals surface area contributed by atoms with Crippen LogP contribution in [0, 0.1) is 18.3 Å². The molecule has 2 rings (SSSR count). The third-order valence-electron chi connectivity index (χ3n) is 3.08. The maximum absolute atomic E-state index is 11.8. The standard InChI is InChI=1S/C15H17N5O3/c1-10-13(8-16)15(20(2)19-10)18-17-14(21)9-23-12-6-4-11(22-3)5-7-12/h4-7,18H,9H2,1-3H3,(H,17,21). The molecule has 0 saturated carbocycles. The molecule has 23 heavy (non-hydrogen) atoms. The van der Waals surface area contributed by atoms with Crippen LogP contribution in [-0.2, 0) is 11.8 Å². The number of amides is 1. The summed E-state index contributed by atoms with van der Waals surface area (Å²) in [7, 11) is 3.25. The third-order valence-corrected chi connectivity index (χ3v) is 3.08. The molecule has 0 saturated heterocycles. The van der Waals surface area contributed by atoms with Crippen LogP contribution in [0.3, 0.4) is 0 Å². The van der Waals surface area contributed by atoms with Crippen LogP contribution in [0.1, 0.15) is 11.3 Å². The largest absolute Gasteiger partial charge is 0.497 e. The molecule has 0 spiro atoms. The minimum absolute atomic E-state index is 0.169. The molecule has 1 aromatic heterocycles. The molecule has 0 bridgehead atoms. The Bertz CT molecular complexity index is 731. The van der Waals surface area contributed by atoms with Crippen LogP contribution in [0.2, 0.25) is 0 Å². The lowest BCUT2D eigenvalue weighted by atomic mass is 10.3. The molecule has 8 heteroatoms. The number of hydrogen-bond acceptors (Lipinski definition) is 6. The number of hydrogen-bond donors (Lipinski definition) is 2. The fourth-order valence-corrected chi connectivity index (χ4v) is 1.92. The number of hydrazine groups is 1. The molecule has 2 N–H and O–H groups in total. The minimum Gasteiger partial charge on any atom is -0.497 e. The van der Waals surface area contributed by atoms with Gasteiger partial charge in [-0.15, -0.1) is 0 Å². The van der Waals surface area contributed by atoms with Crippen LogP contribution in [0.25, 0.3) is 0 Å². The second kappa shape index (κ2) is 7.17. The number of ether oxygens (including phenoxy) is 2. The summed E-state index contributed by atoms with van der Waals surface area (Å²) >= 11 is 0. The molecule has 0 fully saturated rings. The van der Waals surface area contributed by atoms with Crippen LogP contribution in [0.4, 0.5) is 5.82 Å². The molecule has 0 radical (unpaired) electrons. The predicted molar refractivity (Wildman–Crippen MR) is 82.9 cm³/mol. The highest BCUT2D eigenvalue weighted by Crippen LogP contribution is 2.17. The average Bonchev–Trinajstić information content (AvgIpc) is 2.84. The van der Waals surface area contributed by atoms with E-state index in [1.54, 1.807) is 45.3 Å². The van der Waals surface area contributed by atoms with Gasteiger partial charge in [0.25, 0.3) is 5.91 Å². The molecule has 2 aromatic rings. The van der Waals surface area contributed by atoms with E-state index in [2.05, 4.69) is 16.0 Å². The van der Waals surface area contributed by atoms with Gasteiger partial charge in [-0.3, -0.25) is 20.3 Å². The van der Waals surface area contributed by atoms with E-state index in [1.165, 1.54) is 4.68 Å². The first kappa shape index (κ1) is 16.2. The van der Waals surface area contributed by atoms with Crippen molar-refractivity contribution in [1.29, 1.82) is 5.26 Å². The number of aryl methyl sites for hydroxylation is 2. The Balaban J connectivity index is 1.87. The molecule has 0 atom stereocenters. The number of anilines is 1. The summed E-state index contributed by atoms with van der Waals surface area (Å²) in [6, 6.07) is 8.93. The van der Waals surface area contributed by atoms with Crippen LogP contribution in [0.15, 0.2) is 24.3 Å². The van der Waals surface area contributed by atoms with E-state index >= 15 is 0 Å². The van der Waals surface area contributed by atoms with E-state index in [1.807, 2.05) is 6.07 Å². The van der Waals surface area contributed by atoms with Crippen LogP contribution < -0.4 is 20.3 Å². The maximum Gasteiger partial charge on any atom is 0.276 e. The predicted octanol–water partition coefficient (Wildman–Crippen LogP) is 1.13. The van der Waals surface area contributed by atoms with Crippen molar-refractivity contribution in [2.24, 2.45) is 7.05 Å². The first-order valence-electron chi connectivity index (χ1n) is 6.80. The van der Waals surface area contributed by atoms with Gasteiger partial charge in [0.05, 0.1) is 12.8 Å². The number of nitrogens with zero attached hydrogens (tertiary/aromatic N) is 3. The molecule has 0 unspecified atom stereocenters. The van der Waals surface area contributed by atoms with Crippen molar-refractivity contribution in [3.8, 4) is 17.6 Å². The van der Waals surface area contributed by atoms with Gasteiger partial charge in [0.2, 0.25) is 0 Å². The molecule has 0 aliphatic rings. The second-order valence-electron chi connectivity index (χ2n) is 4.68. The van der Waals surface area contributed by atoms with Gasteiger partial charge in [0, 0.05) is 7.05 Å². The van der Waals surface area contributed by atoms with E-state index < -0.39 is 0 Å². The zero-order valence-corrected chi connectivity index (χ0v) is 13.1. The van der Waals surface area contributed by atoms with Gasteiger partial charge >= 0.3 is 0 Å². The summed E-state index contributed by atoms with van der Waals surface area (Å²) in [5.74, 6) is 1.29. The lowest BCUT2D eigenvalue weighted by Crippen LogP contribution is -2.34. The number of carbonyl (C=O) groups is 1. The highest BCUT2D eigenvalue weighted by Gasteiger charge is 2.13. The molecular weight excluding hydrogens is 298 g/mol. The second-order valence-corrected chi connectivity index (χ2v) is 4.68. The Kier molecular flexibility index (Phi) is 5.04. The van der Waals surface area contributed by atoms with Crippen LogP contribution >= 0.6 is 0 Å². The van der Waals surface area contributed by atoms with Crippen molar-refractivity contribution >= 4 is 11.7 Å². The van der Waals surface area contributed by atoms with Crippen LogP contribution in [0.5, 0.6) is 11.5 Å². The molecular formula is C15H17N5O3. The quantitative estimate of drug-likeness (QED) is 0.775. The van der Waals surface area contributed by atoms with Crippen molar-refractivity contribution < 1.29 is 14.3 Å². The Hall–Kier alpha value is -3.21. The molecule has 0 aliphatic heterocycles. The number of benzene rings is 1. The molecule has 0 aliphatic carbocycles. The topological polar surface area (TPSA) is 101 Å². The zero-order valence-electron chi connectivity index (χ0n) is 13.1. The number of nitrogens with one attached hydrogen (secondary N) is 2. The normalized spacial score (nSPS) is 9.83. The molecule has 1 heterocycles. The first-order chi connectivity index (χ1) is 11.0. The highest BCUT2D eigenvalue weighted by molar-refractivity contribution is 5.79. The summed E-state index contributed by atoms with van der Waals surface area (Å²) in [6.45, 7) is 1.55. The molecule has 1 aromatic carbocycles. The smallest absolute Gasteiger partial charge is 0.276 e. The molecule has 120 valence electrons. The fourth-order valence-electron chi connectivity index (χ4n) is 1.92. The Morgan fingerprint density at radius 2 is 2.00 bits per heavy atom. The lowest BCUT2D eigenvalue weighted by Gasteiger charge is -2.10. The summed E-state index contributed by atoms with van der Waals surface area (Å²) in [5, 5.41) is 13.2. The monoisotopic (exact) mass is 315 g/mol. The number of rotatable bonds is 6. The Labute approximate surface area is 133 Å². The Morgan fingerprint density at radius 1 is 1.35 bits per heavy atom. The fraction of sp³-hybridized carbons (Fsp3) is 0.267. The maximum atomic E-state index is 11.8. The number of carbonyl (C=O) groups excluding carboxylic acids is 1. The van der Waals surface area contributed by atoms with Gasteiger partial charge in [0.15, 0.2) is 12.4 Å². The van der Waals surface area contributed by atoms with Crippen molar-refractivity contribution in [2.45, 2.75) is 6.92 Å². The van der Waals surface area contributed by atoms with Crippen molar-refractivity contribution in [2.75, 3.05) is 19.1 Å². The summed E-state index contributed by atoms with van der Waals surface area (Å²) in [5.41, 5.74) is 6.12. The SMILES string of the molecule is COc1ccc(OCC(=O)NNc2c(C#N)c(C)nn2C)cc1. The molecule has 8 nitrogen and oxygen atoms in total. The number of nitriles is 1. The van der Waals surface area contributed by atoms with Crippen molar-refractivity contribution in [3.05, 3.63) is 35.5 Å². The van der Waals surface area contributed by atoms with E-state index in [4.69, 9.17) is 14.7 Å². The number of aromatic nitrogens is 2. The van der Waals surface area contributed by atoms with Crippen LogP contribution in [-0.4, -0.2) is 29.4 Å². The van der Waals surface area contributed by atoms with E-state index in [-0.39, 0.29) is 12.5 Å².